The molecule has 2 rings (SSSR count). The van der Waals surface area contributed by atoms with Crippen molar-refractivity contribution in [2.45, 2.75) is 33.7 Å². The molecule has 0 aliphatic carbocycles. The Morgan fingerprint density at radius 1 is 1.22 bits per heavy atom. The van der Waals surface area contributed by atoms with Crippen molar-refractivity contribution < 1.29 is 13.2 Å². The van der Waals surface area contributed by atoms with Crippen molar-refractivity contribution in [1.82, 2.24) is 15.0 Å². The van der Waals surface area contributed by atoms with Crippen LogP contribution in [0, 0.1) is 20.8 Å². The van der Waals surface area contributed by atoms with E-state index in [9.17, 15) is 13.2 Å². The number of hydrogen-bond acceptors (Lipinski definition) is 3. The lowest BCUT2D eigenvalue weighted by molar-refractivity contribution is -0.121. The molecule has 0 radical (unpaired) electrons. The molecule has 126 valence electrons. The first-order chi connectivity index (χ1) is 10.7. The normalized spacial score (nSPS) is 11.8. The van der Waals surface area contributed by atoms with Gasteiger partial charge in [0.25, 0.3) is 0 Å². The van der Waals surface area contributed by atoms with Crippen LogP contribution in [0.2, 0.25) is 0 Å². The summed E-state index contributed by atoms with van der Waals surface area (Å²) in [5.41, 5.74) is 5.55. The lowest BCUT2D eigenvalue weighted by Gasteiger charge is -2.08. The van der Waals surface area contributed by atoms with Crippen LogP contribution in [0.1, 0.15) is 28.8 Å². The van der Waals surface area contributed by atoms with Crippen LogP contribution >= 0.6 is 0 Å². The van der Waals surface area contributed by atoms with Gasteiger partial charge in [0, 0.05) is 30.6 Å². The average Bonchev–Trinajstić information content (AvgIpc) is 2.71. The molecule has 0 saturated carbocycles. The first-order valence-corrected chi connectivity index (χ1v) is 9.36. The Kier molecular flexibility index (Phi) is 5.11. The zero-order chi connectivity index (χ0) is 17.2. The van der Waals surface area contributed by atoms with Gasteiger partial charge < -0.3 is 10.3 Å². The molecule has 1 amide bonds. The van der Waals surface area contributed by atoms with Gasteiger partial charge >= 0.3 is 0 Å². The van der Waals surface area contributed by atoms with E-state index in [0.29, 0.717) is 6.54 Å². The maximum absolute atomic E-state index is 11.8. The van der Waals surface area contributed by atoms with Gasteiger partial charge in [-0.3, -0.25) is 4.79 Å². The van der Waals surface area contributed by atoms with Gasteiger partial charge in [0.2, 0.25) is 15.9 Å². The van der Waals surface area contributed by atoms with Crippen LogP contribution < -0.4 is 10.0 Å². The third-order valence-electron chi connectivity index (χ3n) is 3.84. The standard InChI is InChI=1S/C16H23N3O3S/c1-10-7-13(16-14(8-10)11(2)12(3)19-16)9-17-15(20)5-6-18-23(4,21)22/h7-8,18-19H,5-6,9H2,1-4H3,(H,17,20). The molecule has 3 N–H and O–H groups in total. The third-order valence-corrected chi connectivity index (χ3v) is 4.56. The number of aromatic nitrogens is 1. The Balaban J connectivity index is 2.05. The fourth-order valence-corrected chi connectivity index (χ4v) is 3.03. The minimum absolute atomic E-state index is 0.106. The van der Waals surface area contributed by atoms with Crippen LogP contribution in [0.5, 0.6) is 0 Å². The second-order valence-corrected chi connectivity index (χ2v) is 7.75. The molecule has 0 bridgehead atoms. The van der Waals surface area contributed by atoms with Crippen LogP contribution in [0.25, 0.3) is 10.9 Å². The van der Waals surface area contributed by atoms with Crippen molar-refractivity contribution in [1.29, 1.82) is 0 Å². The lowest BCUT2D eigenvalue weighted by atomic mass is 10.0. The summed E-state index contributed by atoms with van der Waals surface area (Å²) in [6.07, 6.45) is 1.19. The maximum atomic E-state index is 11.8. The predicted molar refractivity (Wildman–Crippen MR) is 91.8 cm³/mol. The van der Waals surface area contributed by atoms with Crippen LogP contribution in [-0.4, -0.2) is 32.1 Å². The Bertz CT molecular complexity index is 838. The van der Waals surface area contributed by atoms with Crippen LogP contribution in [0.4, 0.5) is 0 Å². The van der Waals surface area contributed by atoms with Gasteiger partial charge in [-0.05, 0) is 38.0 Å². The summed E-state index contributed by atoms with van der Waals surface area (Å²) < 4.78 is 24.2. The molecule has 0 saturated heterocycles. The Labute approximate surface area is 136 Å². The number of sulfonamides is 1. The fourth-order valence-electron chi connectivity index (χ4n) is 2.56. The molecule has 1 heterocycles. The highest BCUT2D eigenvalue weighted by Gasteiger charge is 2.11. The molecule has 1 aromatic heterocycles. The first-order valence-electron chi connectivity index (χ1n) is 7.47. The number of carbonyl (C=O) groups excluding carboxylic acids is 1. The second kappa shape index (κ2) is 6.72. The van der Waals surface area contributed by atoms with Gasteiger partial charge in [-0.15, -0.1) is 0 Å². The molecular weight excluding hydrogens is 314 g/mol. The van der Waals surface area contributed by atoms with Crippen molar-refractivity contribution in [2.75, 3.05) is 12.8 Å². The summed E-state index contributed by atoms with van der Waals surface area (Å²) in [6, 6.07) is 4.18. The van der Waals surface area contributed by atoms with Crippen molar-refractivity contribution in [3.05, 3.63) is 34.5 Å². The number of fused-ring (bicyclic) bond motifs is 1. The number of benzene rings is 1. The molecule has 7 heteroatoms. The molecule has 0 aliphatic heterocycles. The van der Waals surface area contributed by atoms with E-state index >= 15 is 0 Å². The molecule has 0 aliphatic rings. The highest BCUT2D eigenvalue weighted by Crippen LogP contribution is 2.25. The average molecular weight is 337 g/mol. The lowest BCUT2D eigenvalue weighted by Crippen LogP contribution is -2.29. The molecule has 23 heavy (non-hydrogen) atoms. The van der Waals surface area contributed by atoms with Crippen molar-refractivity contribution in [3.63, 3.8) is 0 Å². The number of nitrogens with one attached hydrogen (secondary N) is 3. The molecular formula is C16H23N3O3S. The Morgan fingerprint density at radius 2 is 1.91 bits per heavy atom. The second-order valence-electron chi connectivity index (χ2n) is 5.91. The fraction of sp³-hybridized carbons (Fsp3) is 0.438. The van der Waals surface area contributed by atoms with Crippen LogP contribution in [0.15, 0.2) is 12.1 Å². The van der Waals surface area contributed by atoms with E-state index in [1.54, 1.807) is 0 Å². The number of hydrogen-bond donors (Lipinski definition) is 3. The monoisotopic (exact) mass is 337 g/mol. The van der Waals surface area contributed by atoms with Crippen molar-refractivity contribution in [3.8, 4) is 0 Å². The van der Waals surface area contributed by atoms with Gasteiger partial charge in [-0.1, -0.05) is 11.6 Å². The minimum Gasteiger partial charge on any atom is -0.358 e. The summed E-state index contributed by atoms with van der Waals surface area (Å²) in [5, 5.41) is 4.01. The van der Waals surface area contributed by atoms with Gasteiger partial charge in [0.1, 0.15) is 0 Å². The summed E-state index contributed by atoms with van der Waals surface area (Å²) in [7, 11) is -3.26. The maximum Gasteiger partial charge on any atom is 0.221 e. The Hall–Kier alpha value is -1.86. The number of amides is 1. The number of aryl methyl sites for hydroxylation is 3. The zero-order valence-electron chi connectivity index (χ0n) is 13.9. The van der Waals surface area contributed by atoms with E-state index in [0.717, 1.165) is 28.6 Å². The van der Waals surface area contributed by atoms with E-state index in [1.807, 2.05) is 19.9 Å². The molecule has 1 aromatic carbocycles. The molecule has 0 fully saturated rings. The van der Waals surface area contributed by atoms with Crippen LogP contribution in [-0.2, 0) is 21.4 Å². The SMILES string of the molecule is Cc1cc(CNC(=O)CCNS(C)(=O)=O)c2[nH]c(C)c(C)c2c1. The van der Waals surface area contributed by atoms with E-state index in [2.05, 4.69) is 28.0 Å². The quantitative estimate of drug-likeness (QED) is 0.748. The van der Waals surface area contributed by atoms with Gasteiger partial charge in [-0.25, -0.2) is 13.1 Å². The molecule has 0 spiro atoms. The zero-order valence-corrected chi connectivity index (χ0v) is 14.7. The summed E-state index contributed by atoms with van der Waals surface area (Å²) in [5.74, 6) is -0.184. The van der Waals surface area contributed by atoms with Crippen molar-refractivity contribution >= 4 is 26.8 Å². The minimum atomic E-state index is -3.26. The number of aromatic amines is 1. The van der Waals surface area contributed by atoms with Gasteiger partial charge in [-0.2, -0.15) is 0 Å². The van der Waals surface area contributed by atoms with Crippen LogP contribution in [0.3, 0.4) is 0 Å². The molecule has 6 nitrogen and oxygen atoms in total. The van der Waals surface area contributed by atoms with Gasteiger partial charge in [0.15, 0.2) is 0 Å². The van der Waals surface area contributed by atoms with Crippen molar-refractivity contribution in [2.24, 2.45) is 0 Å². The van der Waals surface area contributed by atoms with E-state index in [4.69, 9.17) is 0 Å². The van der Waals surface area contributed by atoms with E-state index in [-0.39, 0.29) is 18.9 Å². The van der Waals surface area contributed by atoms with Gasteiger partial charge in [0.05, 0.1) is 11.8 Å². The predicted octanol–water partition coefficient (Wildman–Crippen LogP) is 1.65. The molecule has 2 aromatic rings. The summed E-state index contributed by atoms with van der Waals surface area (Å²) in [6.45, 7) is 6.66. The summed E-state index contributed by atoms with van der Waals surface area (Å²) >= 11 is 0. The first kappa shape index (κ1) is 17.5. The third kappa shape index (κ3) is 4.56. The summed E-state index contributed by atoms with van der Waals surface area (Å²) in [4.78, 5) is 15.2. The van der Waals surface area contributed by atoms with E-state index in [1.165, 1.54) is 10.9 Å². The number of H-pyrrole nitrogens is 1. The molecule has 0 unspecified atom stereocenters. The number of carbonyl (C=O) groups is 1. The van der Waals surface area contributed by atoms with E-state index < -0.39 is 10.0 Å². The number of rotatable bonds is 6. The molecule has 0 atom stereocenters. The highest BCUT2D eigenvalue weighted by molar-refractivity contribution is 7.88. The largest absolute Gasteiger partial charge is 0.358 e. The highest BCUT2D eigenvalue weighted by atomic mass is 32.2. The smallest absolute Gasteiger partial charge is 0.221 e. The topological polar surface area (TPSA) is 91.1 Å². The Morgan fingerprint density at radius 3 is 2.57 bits per heavy atom.